The van der Waals surface area contributed by atoms with Gasteiger partial charge in [0.25, 0.3) is 5.56 Å². The number of aromatic nitrogens is 2. The van der Waals surface area contributed by atoms with Crippen molar-refractivity contribution in [3.8, 4) is 0 Å². The Morgan fingerprint density at radius 1 is 1.26 bits per heavy atom. The number of halogens is 3. The lowest BCUT2D eigenvalue weighted by Gasteiger charge is -2.21. The highest BCUT2D eigenvalue weighted by Crippen LogP contribution is 2.38. The predicted molar refractivity (Wildman–Crippen MR) is 99.3 cm³/mol. The van der Waals surface area contributed by atoms with Gasteiger partial charge in [0.1, 0.15) is 5.69 Å². The van der Waals surface area contributed by atoms with E-state index in [2.05, 4.69) is 15.3 Å². The normalized spacial score (nSPS) is 12.9. The number of H-pyrrole nitrogens is 1. The molecule has 27 heavy (non-hydrogen) atoms. The van der Waals surface area contributed by atoms with E-state index in [4.69, 9.17) is 0 Å². The zero-order valence-corrected chi connectivity index (χ0v) is 15.9. The molecule has 0 amide bonds. The Hall–Kier alpha value is -2.29. The van der Waals surface area contributed by atoms with Crippen LogP contribution in [0.25, 0.3) is 0 Å². The number of nitrogens with zero attached hydrogens (tertiary/aromatic N) is 1. The molecule has 0 fully saturated rings. The maximum atomic E-state index is 12.6. The number of nitrogens with one attached hydrogen (secondary N) is 2. The quantitative estimate of drug-likeness (QED) is 0.532. The highest BCUT2D eigenvalue weighted by Gasteiger charge is 2.29. The van der Waals surface area contributed by atoms with E-state index in [1.807, 2.05) is 13.8 Å². The lowest BCUT2D eigenvalue weighted by Crippen LogP contribution is -2.18. The zero-order chi connectivity index (χ0) is 20.2. The first kappa shape index (κ1) is 21.0. The summed E-state index contributed by atoms with van der Waals surface area (Å²) in [6.07, 6.45) is 0.100. The summed E-state index contributed by atoms with van der Waals surface area (Å²) < 4.78 is 37.4. The number of ketones is 1. The first-order valence-corrected chi connectivity index (χ1v) is 9.08. The van der Waals surface area contributed by atoms with Crippen molar-refractivity contribution >= 4 is 23.5 Å². The van der Waals surface area contributed by atoms with Gasteiger partial charge in [-0.15, -0.1) is 0 Å². The number of anilines is 1. The smallest absolute Gasteiger partial charge is 0.359 e. The maximum Gasteiger partial charge on any atom is 0.446 e. The molecule has 0 spiro atoms. The number of Topliss-reactive ketones (excluding diaryl/α,β-unsaturated/α-hetero) is 1. The molecule has 0 bridgehead atoms. The van der Waals surface area contributed by atoms with Crippen molar-refractivity contribution in [3.63, 3.8) is 0 Å². The predicted octanol–water partition coefficient (Wildman–Crippen LogP) is 4.44. The molecule has 0 saturated heterocycles. The van der Waals surface area contributed by atoms with Crippen LogP contribution in [0.15, 0.2) is 40.0 Å². The molecule has 146 valence electrons. The third kappa shape index (κ3) is 6.13. The van der Waals surface area contributed by atoms with Crippen molar-refractivity contribution in [1.29, 1.82) is 0 Å². The number of carbonyl (C=O) groups is 1. The number of hydrogen-bond donors (Lipinski definition) is 2. The monoisotopic (exact) mass is 399 g/mol. The Morgan fingerprint density at radius 3 is 2.41 bits per heavy atom. The van der Waals surface area contributed by atoms with Crippen molar-refractivity contribution < 1.29 is 18.0 Å². The molecule has 1 heterocycles. The van der Waals surface area contributed by atoms with Crippen molar-refractivity contribution in [1.82, 2.24) is 9.97 Å². The Labute approximate surface area is 158 Å². The van der Waals surface area contributed by atoms with Crippen LogP contribution in [0.4, 0.5) is 19.1 Å². The highest BCUT2D eigenvalue weighted by molar-refractivity contribution is 8.00. The third-order valence-electron chi connectivity index (χ3n) is 4.02. The average Bonchev–Trinajstić information content (AvgIpc) is 2.58. The van der Waals surface area contributed by atoms with E-state index in [1.165, 1.54) is 12.1 Å². The fourth-order valence-corrected chi connectivity index (χ4v) is 3.22. The molecule has 0 aliphatic heterocycles. The van der Waals surface area contributed by atoms with Gasteiger partial charge in [0, 0.05) is 24.4 Å². The molecule has 0 radical (unpaired) electrons. The lowest BCUT2D eigenvalue weighted by atomic mass is 9.84. The topological polar surface area (TPSA) is 74.8 Å². The van der Waals surface area contributed by atoms with Gasteiger partial charge in [0.15, 0.2) is 5.78 Å². The van der Waals surface area contributed by atoms with Crippen molar-refractivity contribution in [2.75, 3.05) is 12.4 Å². The molecule has 2 aromatic rings. The van der Waals surface area contributed by atoms with Gasteiger partial charge in [-0.3, -0.25) is 14.6 Å². The molecule has 0 saturated carbocycles. The van der Waals surface area contributed by atoms with Crippen LogP contribution in [-0.4, -0.2) is 28.3 Å². The summed E-state index contributed by atoms with van der Waals surface area (Å²) in [7, 11) is 1.57. The summed E-state index contributed by atoms with van der Waals surface area (Å²) in [5, 5.41) is 2.68. The average molecular weight is 399 g/mol. The van der Waals surface area contributed by atoms with Crippen molar-refractivity contribution in [2.24, 2.45) is 5.92 Å². The van der Waals surface area contributed by atoms with Crippen LogP contribution >= 0.6 is 11.8 Å². The van der Waals surface area contributed by atoms with Gasteiger partial charge >= 0.3 is 5.51 Å². The number of thioether (sulfide) groups is 1. The van der Waals surface area contributed by atoms with E-state index in [-0.39, 0.29) is 52.3 Å². The first-order valence-electron chi connectivity index (χ1n) is 8.27. The summed E-state index contributed by atoms with van der Waals surface area (Å²) in [6.45, 7) is 3.86. The minimum atomic E-state index is -4.34. The van der Waals surface area contributed by atoms with Crippen LogP contribution in [0, 0.1) is 5.92 Å². The van der Waals surface area contributed by atoms with Crippen LogP contribution < -0.4 is 10.9 Å². The van der Waals surface area contributed by atoms with Crippen LogP contribution in [0.2, 0.25) is 0 Å². The van der Waals surface area contributed by atoms with Gasteiger partial charge < -0.3 is 5.32 Å². The molecule has 2 N–H and O–H groups in total. The second kappa shape index (κ2) is 8.60. The number of hydrogen-bond acceptors (Lipinski definition) is 5. The largest absolute Gasteiger partial charge is 0.446 e. The van der Waals surface area contributed by atoms with Gasteiger partial charge in [0.2, 0.25) is 5.95 Å². The summed E-state index contributed by atoms with van der Waals surface area (Å²) in [5.41, 5.74) is -3.96. The summed E-state index contributed by atoms with van der Waals surface area (Å²) >= 11 is -0.176. The minimum absolute atomic E-state index is 0.0537. The SMILES string of the molecule is CNc1nc(C(=O)C[C@@H](c2ccc(SC(F)(F)F)cc2)C(C)C)cc(=O)[nH]1. The molecule has 0 unspecified atom stereocenters. The number of carbonyl (C=O) groups excluding carboxylic acids is 1. The van der Waals surface area contributed by atoms with Gasteiger partial charge in [0.05, 0.1) is 0 Å². The standard InChI is InChI=1S/C18H20F3N3O2S/c1-10(2)13(11-4-6-12(7-5-11)27-18(19,20)21)8-15(25)14-9-16(26)24-17(22-3)23-14/h4-7,9-10,13H,8H2,1-3H3,(H2,22,23,24,26)/t13-/m1/s1. The summed E-state index contributed by atoms with van der Waals surface area (Å²) in [5.74, 6) is -0.243. The van der Waals surface area contributed by atoms with Gasteiger partial charge in [-0.25, -0.2) is 4.98 Å². The number of rotatable bonds is 7. The molecule has 1 aromatic heterocycles. The number of benzene rings is 1. The Balaban J connectivity index is 2.21. The number of aromatic amines is 1. The molecule has 5 nitrogen and oxygen atoms in total. The molecule has 2 rings (SSSR count). The van der Waals surface area contributed by atoms with E-state index in [9.17, 15) is 22.8 Å². The van der Waals surface area contributed by atoms with Gasteiger partial charge in [-0.2, -0.15) is 13.2 Å². The Morgan fingerprint density at radius 2 is 1.89 bits per heavy atom. The Kier molecular flexibility index (Phi) is 6.69. The van der Waals surface area contributed by atoms with Crippen molar-refractivity contribution in [2.45, 2.75) is 36.6 Å². The van der Waals surface area contributed by atoms with E-state index in [0.29, 0.717) is 0 Å². The number of alkyl halides is 3. The molecular formula is C18H20F3N3O2S. The lowest BCUT2D eigenvalue weighted by molar-refractivity contribution is -0.0328. The van der Waals surface area contributed by atoms with Crippen LogP contribution in [-0.2, 0) is 0 Å². The summed E-state index contributed by atoms with van der Waals surface area (Å²) in [4.78, 5) is 30.9. The summed E-state index contributed by atoms with van der Waals surface area (Å²) in [6, 6.07) is 7.16. The molecule has 1 aromatic carbocycles. The van der Waals surface area contributed by atoms with Crippen LogP contribution in [0.1, 0.15) is 42.2 Å². The van der Waals surface area contributed by atoms with Gasteiger partial charge in [-0.05, 0) is 41.3 Å². The molecule has 0 aliphatic rings. The van der Waals surface area contributed by atoms with E-state index < -0.39 is 11.1 Å². The third-order valence-corrected chi connectivity index (χ3v) is 4.76. The maximum absolute atomic E-state index is 12.6. The van der Waals surface area contributed by atoms with Gasteiger partial charge in [-0.1, -0.05) is 26.0 Å². The second-order valence-electron chi connectivity index (χ2n) is 6.32. The van der Waals surface area contributed by atoms with E-state index in [1.54, 1.807) is 19.2 Å². The highest BCUT2D eigenvalue weighted by atomic mass is 32.2. The van der Waals surface area contributed by atoms with Crippen LogP contribution in [0.3, 0.4) is 0 Å². The zero-order valence-electron chi connectivity index (χ0n) is 15.1. The molecule has 0 aliphatic carbocycles. The Bertz CT molecular complexity index is 848. The second-order valence-corrected chi connectivity index (χ2v) is 7.46. The van der Waals surface area contributed by atoms with Crippen molar-refractivity contribution in [3.05, 3.63) is 51.9 Å². The van der Waals surface area contributed by atoms with E-state index >= 15 is 0 Å². The van der Waals surface area contributed by atoms with Crippen LogP contribution in [0.5, 0.6) is 0 Å². The fourth-order valence-electron chi connectivity index (χ4n) is 2.68. The fraction of sp³-hybridized carbons (Fsp3) is 0.389. The molecule has 9 heteroatoms. The van der Waals surface area contributed by atoms with E-state index in [0.717, 1.165) is 11.6 Å². The first-order chi connectivity index (χ1) is 12.6. The minimum Gasteiger partial charge on any atom is -0.359 e. The molecule has 1 atom stereocenters. The molecular weight excluding hydrogens is 379 g/mol.